The molecule has 1 saturated heterocycles. The summed E-state index contributed by atoms with van der Waals surface area (Å²) in [6, 6.07) is 0.396. The highest BCUT2D eigenvalue weighted by Crippen LogP contribution is 2.33. The first kappa shape index (κ1) is 12.0. The third kappa shape index (κ3) is 2.51. The molecule has 2 N–H and O–H groups in total. The molecular weight excluding hydrogens is 232 g/mol. The van der Waals surface area contributed by atoms with Crippen molar-refractivity contribution in [3.05, 3.63) is 0 Å². The van der Waals surface area contributed by atoms with Crippen LogP contribution in [0.25, 0.3) is 0 Å². The molecule has 3 aliphatic rings. The van der Waals surface area contributed by atoms with E-state index in [0.717, 1.165) is 25.7 Å². The lowest BCUT2D eigenvalue weighted by Gasteiger charge is -2.16. The second kappa shape index (κ2) is 4.53. The number of aliphatic hydroxyl groups excluding tert-OH is 1. The fourth-order valence-electron chi connectivity index (χ4n) is 2.64. The van der Waals surface area contributed by atoms with Crippen molar-refractivity contribution in [2.24, 2.45) is 11.8 Å². The molecule has 2 aliphatic carbocycles. The van der Waals surface area contributed by atoms with Gasteiger partial charge < -0.3 is 15.3 Å². The lowest BCUT2D eigenvalue weighted by Crippen LogP contribution is -2.38. The lowest BCUT2D eigenvalue weighted by molar-refractivity contribution is -0.129. The van der Waals surface area contributed by atoms with E-state index in [0.29, 0.717) is 31.5 Å². The SMILES string of the molecule is O=C(NCC(O)C1CC1)C1CC(=O)N(C2CC2)C1. The minimum absolute atomic E-state index is 0.0776. The Morgan fingerprint density at radius 3 is 2.72 bits per heavy atom. The minimum atomic E-state index is -0.411. The molecule has 5 heteroatoms. The summed E-state index contributed by atoms with van der Waals surface area (Å²) in [4.78, 5) is 25.5. The normalized spacial score (nSPS) is 29.5. The van der Waals surface area contributed by atoms with Crippen LogP contribution in [0.3, 0.4) is 0 Å². The Labute approximate surface area is 107 Å². The van der Waals surface area contributed by atoms with Crippen molar-refractivity contribution in [3.8, 4) is 0 Å². The van der Waals surface area contributed by atoms with Gasteiger partial charge in [0, 0.05) is 25.6 Å². The van der Waals surface area contributed by atoms with E-state index in [9.17, 15) is 14.7 Å². The fraction of sp³-hybridized carbons (Fsp3) is 0.846. The molecule has 1 heterocycles. The molecule has 2 saturated carbocycles. The summed E-state index contributed by atoms with van der Waals surface area (Å²) >= 11 is 0. The number of hydrogen-bond donors (Lipinski definition) is 2. The van der Waals surface area contributed by atoms with Crippen LogP contribution >= 0.6 is 0 Å². The van der Waals surface area contributed by atoms with Crippen LogP contribution in [0.1, 0.15) is 32.1 Å². The van der Waals surface area contributed by atoms with Gasteiger partial charge in [0.05, 0.1) is 12.0 Å². The van der Waals surface area contributed by atoms with Gasteiger partial charge in [0.2, 0.25) is 11.8 Å². The zero-order chi connectivity index (χ0) is 12.7. The molecule has 2 unspecified atom stereocenters. The Morgan fingerprint density at radius 1 is 1.39 bits per heavy atom. The van der Waals surface area contributed by atoms with Gasteiger partial charge in [0.15, 0.2) is 0 Å². The van der Waals surface area contributed by atoms with Crippen LogP contribution in [-0.4, -0.2) is 47.1 Å². The average Bonchev–Trinajstić information content (AvgIpc) is 3.24. The van der Waals surface area contributed by atoms with Gasteiger partial charge in [-0.1, -0.05) is 0 Å². The predicted molar refractivity (Wildman–Crippen MR) is 64.6 cm³/mol. The van der Waals surface area contributed by atoms with E-state index in [1.165, 1.54) is 0 Å². The molecule has 18 heavy (non-hydrogen) atoms. The lowest BCUT2D eigenvalue weighted by atomic mass is 10.1. The van der Waals surface area contributed by atoms with Crippen molar-refractivity contribution in [1.29, 1.82) is 0 Å². The summed E-state index contributed by atoms with van der Waals surface area (Å²) < 4.78 is 0. The van der Waals surface area contributed by atoms with Crippen molar-refractivity contribution in [2.75, 3.05) is 13.1 Å². The van der Waals surface area contributed by atoms with Gasteiger partial charge >= 0.3 is 0 Å². The molecule has 3 rings (SSSR count). The van der Waals surface area contributed by atoms with E-state index >= 15 is 0 Å². The molecule has 2 atom stereocenters. The Morgan fingerprint density at radius 2 is 2.11 bits per heavy atom. The number of nitrogens with zero attached hydrogens (tertiary/aromatic N) is 1. The molecule has 2 amide bonds. The highest BCUT2D eigenvalue weighted by molar-refractivity contribution is 5.89. The van der Waals surface area contributed by atoms with Crippen LogP contribution in [0.4, 0.5) is 0 Å². The number of amides is 2. The topological polar surface area (TPSA) is 69.6 Å². The maximum absolute atomic E-state index is 11.9. The van der Waals surface area contributed by atoms with Gasteiger partial charge in [0.25, 0.3) is 0 Å². The van der Waals surface area contributed by atoms with Crippen molar-refractivity contribution in [1.82, 2.24) is 10.2 Å². The molecule has 1 aliphatic heterocycles. The van der Waals surface area contributed by atoms with Crippen LogP contribution in [0.15, 0.2) is 0 Å². The van der Waals surface area contributed by atoms with Crippen molar-refractivity contribution < 1.29 is 14.7 Å². The van der Waals surface area contributed by atoms with E-state index in [4.69, 9.17) is 0 Å². The Bertz CT molecular complexity index is 363. The number of rotatable bonds is 5. The molecule has 0 aromatic heterocycles. The highest BCUT2D eigenvalue weighted by Gasteiger charge is 2.41. The van der Waals surface area contributed by atoms with Gasteiger partial charge in [-0.25, -0.2) is 0 Å². The van der Waals surface area contributed by atoms with E-state index in [-0.39, 0.29) is 17.7 Å². The van der Waals surface area contributed by atoms with Gasteiger partial charge in [-0.05, 0) is 31.6 Å². The van der Waals surface area contributed by atoms with Gasteiger partial charge in [-0.2, -0.15) is 0 Å². The number of likely N-dealkylation sites (tertiary alicyclic amines) is 1. The second-order valence-electron chi connectivity index (χ2n) is 5.83. The van der Waals surface area contributed by atoms with Crippen LogP contribution in [0, 0.1) is 11.8 Å². The molecule has 0 aromatic rings. The number of carbonyl (C=O) groups excluding carboxylic acids is 2. The molecule has 5 nitrogen and oxygen atoms in total. The summed E-state index contributed by atoms with van der Waals surface area (Å²) in [5.41, 5.74) is 0. The van der Waals surface area contributed by atoms with Crippen LogP contribution < -0.4 is 5.32 Å². The molecule has 3 fully saturated rings. The summed E-state index contributed by atoms with van der Waals surface area (Å²) in [6.45, 7) is 0.895. The zero-order valence-electron chi connectivity index (χ0n) is 10.5. The van der Waals surface area contributed by atoms with Crippen molar-refractivity contribution >= 4 is 11.8 Å². The quantitative estimate of drug-likeness (QED) is 0.717. The summed E-state index contributed by atoms with van der Waals surface area (Å²) in [5, 5.41) is 12.5. The maximum atomic E-state index is 11.9. The number of aliphatic hydroxyl groups is 1. The van der Waals surface area contributed by atoms with Crippen molar-refractivity contribution in [3.63, 3.8) is 0 Å². The zero-order valence-corrected chi connectivity index (χ0v) is 10.5. The van der Waals surface area contributed by atoms with Crippen LogP contribution in [0.2, 0.25) is 0 Å². The van der Waals surface area contributed by atoms with Gasteiger partial charge in [-0.3, -0.25) is 9.59 Å². The number of nitrogens with one attached hydrogen (secondary N) is 1. The average molecular weight is 252 g/mol. The Kier molecular flexibility index (Phi) is 3.01. The smallest absolute Gasteiger partial charge is 0.225 e. The van der Waals surface area contributed by atoms with E-state index in [1.54, 1.807) is 0 Å². The first-order chi connectivity index (χ1) is 8.65. The molecular formula is C13H20N2O3. The molecule has 0 spiro atoms. The molecule has 0 aromatic carbocycles. The largest absolute Gasteiger partial charge is 0.391 e. The number of carbonyl (C=O) groups is 2. The van der Waals surface area contributed by atoms with Crippen molar-refractivity contribution in [2.45, 2.75) is 44.2 Å². The molecule has 0 radical (unpaired) electrons. The van der Waals surface area contributed by atoms with Gasteiger partial charge in [0.1, 0.15) is 0 Å². The third-order valence-electron chi connectivity index (χ3n) is 4.17. The van der Waals surface area contributed by atoms with Gasteiger partial charge in [-0.15, -0.1) is 0 Å². The standard InChI is InChI=1S/C13H20N2O3/c16-11(8-1-2-8)6-14-13(18)9-5-12(17)15(7-9)10-3-4-10/h8-11,16H,1-7H2,(H,14,18). The summed E-state index contributed by atoms with van der Waals surface area (Å²) in [7, 11) is 0. The predicted octanol–water partition coefficient (Wildman–Crippen LogP) is -0.116. The summed E-state index contributed by atoms with van der Waals surface area (Å²) in [6.07, 6.45) is 4.22. The Hall–Kier alpha value is -1.10. The molecule has 0 bridgehead atoms. The minimum Gasteiger partial charge on any atom is -0.391 e. The first-order valence-corrected chi connectivity index (χ1v) is 6.90. The molecule has 100 valence electrons. The fourth-order valence-corrected chi connectivity index (χ4v) is 2.64. The van der Waals surface area contributed by atoms with E-state index < -0.39 is 6.10 Å². The van der Waals surface area contributed by atoms with E-state index in [2.05, 4.69) is 5.32 Å². The third-order valence-corrected chi connectivity index (χ3v) is 4.17. The summed E-state index contributed by atoms with van der Waals surface area (Å²) in [5.74, 6) is 0.189. The first-order valence-electron chi connectivity index (χ1n) is 6.90. The van der Waals surface area contributed by atoms with E-state index in [1.807, 2.05) is 4.90 Å². The number of hydrogen-bond acceptors (Lipinski definition) is 3. The van der Waals surface area contributed by atoms with Crippen LogP contribution in [0.5, 0.6) is 0 Å². The van der Waals surface area contributed by atoms with Crippen LogP contribution in [-0.2, 0) is 9.59 Å². The second-order valence-corrected chi connectivity index (χ2v) is 5.83. The highest BCUT2D eigenvalue weighted by atomic mass is 16.3. The Balaban J connectivity index is 1.45. The maximum Gasteiger partial charge on any atom is 0.225 e. The monoisotopic (exact) mass is 252 g/mol.